The normalized spacial score (nSPS) is 10.1. The minimum atomic E-state index is -0.868. The topological polar surface area (TPSA) is 62.0 Å². The summed E-state index contributed by atoms with van der Waals surface area (Å²) < 4.78 is 25.9. The standard InChI is InChI=1S/C12H8F2N2O2/c13-8-2-3-10(9(14)5-8)16-12(18)7-1-4-11(17)15-6-7/h1-6H,(H,15,17)(H,16,18). The second-order valence-electron chi connectivity index (χ2n) is 3.52. The van der Waals surface area contributed by atoms with E-state index in [9.17, 15) is 18.4 Å². The predicted molar refractivity (Wildman–Crippen MR) is 61.4 cm³/mol. The Bertz CT molecular complexity index is 632. The minimum absolute atomic E-state index is 0.132. The van der Waals surface area contributed by atoms with Crippen LogP contribution in [-0.2, 0) is 0 Å². The molecule has 0 saturated carbocycles. The zero-order chi connectivity index (χ0) is 13.1. The molecular formula is C12H8F2N2O2. The summed E-state index contributed by atoms with van der Waals surface area (Å²) >= 11 is 0. The maximum atomic E-state index is 13.3. The summed E-state index contributed by atoms with van der Waals surface area (Å²) in [6.45, 7) is 0. The molecule has 0 atom stereocenters. The van der Waals surface area contributed by atoms with Crippen LogP contribution in [0.2, 0.25) is 0 Å². The zero-order valence-electron chi connectivity index (χ0n) is 9.04. The smallest absolute Gasteiger partial charge is 0.257 e. The number of aromatic nitrogens is 1. The zero-order valence-corrected chi connectivity index (χ0v) is 9.04. The molecule has 18 heavy (non-hydrogen) atoms. The number of benzene rings is 1. The van der Waals surface area contributed by atoms with Gasteiger partial charge in [0.25, 0.3) is 5.91 Å². The Morgan fingerprint density at radius 2 is 1.94 bits per heavy atom. The molecule has 0 radical (unpaired) electrons. The van der Waals surface area contributed by atoms with Gasteiger partial charge in [0.05, 0.1) is 11.3 Å². The minimum Gasteiger partial charge on any atom is -0.328 e. The third-order valence-corrected chi connectivity index (χ3v) is 2.23. The molecule has 0 fully saturated rings. The molecular weight excluding hydrogens is 242 g/mol. The predicted octanol–water partition coefficient (Wildman–Crippen LogP) is 1.91. The van der Waals surface area contributed by atoms with Crippen molar-refractivity contribution in [2.75, 3.05) is 5.32 Å². The molecule has 4 nitrogen and oxygen atoms in total. The number of nitrogens with one attached hydrogen (secondary N) is 2. The molecule has 2 aromatic rings. The van der Waals surface area contributed by atoms with Gasteiger partial charge in [-0.1, -0.05) is 0 Å². The summed E-state index contributed by atoms with van der Waals surface area (Å²) in [5, 5.41) is 2.27. The number of carbonyl (C=O) groups is 1. The number of rotatable bonds is 2. The van der Waals surface area contributed by atoms with Crippen LogP contribution in [0, 0.1) is 11.6 Å². The number of halogens is 2. The fourth-order valence-corrected chi connectivity index (χ4v) is 1.34. The van der Waals surface area contributed by atoms with Crippen LogP contribution in [0.3, 0.4) is 0 Å². The van der Waals surface area contributed by atoms with Crippen LogP contribution >= 0.6 is 0 Å². The first-order chi connectivity index (χ1) is 8.56. The van der Waals surface area contributed by atoms with Crippen LogP contribution in [0.25, 0.3) is 0 Å². The number of pyridine rings is 1. The van der Waals surface area contributed by atoms with Gasteiger partial charge in [-0.2, -0.15) is 0 Å². The monoisotopic (exact) mass is 250 g/mol. The molecule has 0 aliphatic heterocycles. The average Bonchev–Trinajstić information content (AvgIpc) is 2.33. The van der Waals surface area contributed by atoms with Crippen molar-refractivity contribution in [2.24, 2.45) is 0 Å². The summed E-state index contributed by atoms with van der Waals surface area (Å²) in [6, 6.07) is 5.30. The molecule has 1 amide bonds. The van der Waals surface area contributed by atoms with E-state index in [0.29, 0.717) is 6.07 Å². The van der Waals surface area contributed by atoms with Gasteiger partial charge < -0.3 is 10.3 Å². The highest BCUT2D eigenvalue weighted by molar-refractivity contribution is 6.04. The maximum Gasteiger partial charge on any atom is 0.257 e. The molecule has 1 aromatic heterocycles. The lowest BCUT2D eigenvalue weighted by molar-refractivity contribution is 0.102. The second kappa shape index (κ2) is 4.79. The third kappa shape index (κ3) is 2.60. The Morgan fingerprint density at radius 1 is 1.17 bits per heavy atom. The Kier molecular flexibility index (Phi) is 3.18. The van der Waals surface area contributed by atoms with E-state index >= 15 is 0 Å². The van der Waals surface area contributed by atoms with E-state index < -0.39 is 17.5 Å². The lowest BCUT2D eigenvalue weighted by Gasteiger charge is -2.05. The first-order valence-electron chi connectivity index (χ1n) is 5.01. The van der Waals surface area contributed by atoms with Gasteiger partial charge >= 0.3 is 0 Å². The van der Waals surface area contributed by atoms with Gasteiger partial charge in [-0.05, 0) is 18.2 Å². The van der Waals surface area contributed by atoms with E-state index in [2.05, 4.69) is 10.3 Å². The van der Waals surface area contributed by atoms with Crippen LogP contribution in [-0.4, -0.2) is 10.9 Å². The third-order valence-electron chi connectivity index (χ3n) is 2.23. The first kappa shape index (κ1) is 12.0. The van der Waals surface area contributed by atoms with Gasteiger partial charge in [0.15, 0.2) is 0 Å². The van der Waals surface area contributed by atoms with Crippen LogP contribution in [0.15, 0.2) is 41.3 Å². The lowest BCUT2D eigenvalue weighted by atomic mass is 10.2. The van der Waals surface area contributed by atoms with Crippen molar-refractivity contribution >= 4 is 11.6 Å². The van der Waals surface area contributed by atoms with Crippen molar-refractivity contribution in [2.45, 2.75) is 0 Å². The second-order valence-corrected chi connectivity index (χ2v) is 3.52. The number of H-pyrrole nitrogens is 1. The van der Waals surface area contributed by atoms with E-state index in [1.54, 1.807) is 0 Å². The summed E-state index contributed by atoms with van der Waals surface area (Å²) in [5.41, 5.74) is -0.314. The quantitative estimate of drug-likeness (QED) is 0.855. The number of hydrogen-bond acceptors (Lipinski definition) is 2. The van der Waals surface area contributed by atoms with Crippen molar-refractivity contribution < 1.29 is 13.6 Å². The van der Waals surface area contributed by atoms with E-state index in [1.165, 1.54) is 18.3 Å². The van der Waals surface area contributed by atoms with Crippen molar-refractivity contribution in [3.8, 4) is 0 Å². The van der Waals surface area contributed by atoms with Crippen molar-refractivity contribution in [1.82, 2.24) is 4.98 Å². The highest BCUT2D eigenvalue weighted by Gasteiger charge is 2.09. The average molecular weight is 250 g/mol. The Labute approximate surface area is 100 Å². The molecule has 1 aromatic carbocycles. The van der Waals surface area contributed by atoms with E-state index in [-0.39, 0.29) is 16.8 Å². The van der Waals surface area contributed by atoms with Gasteiger partial charge in [0, 0.05) is 18.3 Å². The Hall–Kier alpha value is -2.50. The molecule has 0 aliphatic carbocycles. The molecule has 0 saturated heterocycles. The molecule has 0 aliphatic rings. The van der Waals surface area contributed by atoms with Crippen molar-refractivity contribution in [3.05, 3.63) is 64.1 Å². The summed E-state index contributed by atoms with van der Waals surface area (Å²) in [5.74, 6) is -2.20. The van der Waals surface area contributed by atoms with Gasteiger partial charge in [-0.25, -0.2) is 8.78 Å². The maximum absolute atomic E-state index is 13.3. The number of amides is 1. The molecule has 6 heteroatoms. The molecule has 2 N–H and O–H groups in total. The molecule has 1 heterocycles. The van der Waals surface area contributed by atoms with E-state index in [0.717, 1.165) is 12.1 Å². The summed E-state index contributed by atoms with van der Waals surface area (Å²) in [4.78, 5) is 24.8. The van der Waals surface area contributed by atoms with Crippen LogP contribution in [0.5, 0.6) is 0 Å². The summed E-state index contributed by atoms with van der Waals surface area (Å²) in [6.07, 6.45) is 1.21. The van der Waals surface area contributed by atoms with Crippen LogP contribution in [0.4, 0.5) is 14.5 Å². The van der Waals surface area contributed by atoms with Gasteiger partial charge in [-0.15, -0.1) is 0 Å². The molecule has 0 unspecified atom stereocenters. The fraction of sp³-hybridized carbons (Fsp3) is 0. The molecule has 92 valence electrons. The van der Waals surface area contributed by atoms with E-state index in [1.807, 2.05) is 0 Å². The fourth-order valence-electron chi connectivity index (χ4n) is 1.34. The van der Waals surface area contributed by atoms with Gasteiger partial charge in [-0.3, -0.25) is 9.59 Å². The first-order valence-corrected chi connectivity index (χ1v) is 5.01. The lowest BCUT2D eigenvalue weighted by Crippen LogP contribution is -2.15. The number of carbonyl (C=O) groups excluding carboxylic acids is 1. The highest BCUT2D eigenvalue weighted by atomic mass is 19.1. The number of anilines is 1. The molecule has 0 bridgehead atoms. The van der Waals surface area contributed by atoms with Gasteiger partial charge in [0.1, 0.15) is 11.6 Å². The highest BCUT2D eigenvalue weighted by Crippen LogP contribution is 2.15. The number of hydrogen-bond donors (Lipinski definition) is 2. The Morgan fingerprint density at radius 3 is 2.56 bits per heavy atom. The summed E-state index contributed by atoms with van der Waals surface area (Å²) in [7, 11) is 0. The number of aromatic amines is 1. The van der Waals surface area contributed by atoms with Crippen LogP contribution < -0.4 is 10.9 Å². The van der Waals surface area contributed by atoms with Gasteiger partial charge in [0.2, 0.25) is 5.56 Å². The Balaban J connectivity index is 2.21. The molecule has 0 spiro atoms. The van der Waals surface area contributed by atoms with Crippen molar-refractivity contribution in [1.29, 1.82) is 0 Å². The van der Waals surface area contributed by atoms with E-state index in [4.69, 9.17) is 0 Å². The van der Waals surface area contributed by atoms with Crippen LogP contribution in [0.1, 0.15) is 10.4 Å². The SMILES string of the molecule is O=C(Nc1ccc(F)cc1F)c1ccc(=O)[nH]c1. The van der Waals surface area contributed by atoms with Crippen molar-refractivity contribution in [3.63, 3.8) is 0 Å². The largest absolute Gasteiger partial charge is 0.328 e. The molecule has 2 rings (SSSR count).